The van der Waals surface area contributed by atoms with Crippen LogP contribution in [0, 0.1) is 6.92 Å². The van der Waals surface area contributed by atoms with E-state index in [2.05, 4.69) is 58.4 Å². The number of aryl methyl sites for hydroxylation is 1. The minimum Gasteiger partial charge on any atom is -0.366 e. The minimum atomic E-state index is 0.519. The summed E-state index contributed by atoms with van der Waals surface area (Å²) in [6, 6.07) is 12.7. The van der Waals surface area contributed by atoms with E-state index >= 15 is 0 Å². The first kappa shape index (κ1) is 22.2. The van der Waals surface area contributed by atoms with Crippen LogP contribution in [0.15, 0.2) is 55.1 Å². The van der Waals surface area contributed by atoms with E-state index in [9.17, 15) is 0 Å². The third kappa shape index (κ3) is 3.54. The van der Waals surface area contributed by atoms with Crippen molar-refractivity contribution in [2.45, 2.75) is 63.6 Å². The van der Waals surface area contributed by atoms with Gasteiger partial charge in [-0.15, -0.1) is 0 Å². The summed E-state index contributed by atoms with van der Waals surface area (Å²) < 4.78 is 4.13. The van der Waals surface area contributed by atoms with Crippen molar-refractivity contribution < 1.29 is 0 Å². The van der Waals surface area contributed by atoms with Gasteiger partial charge in [0.2, 0.25) is 0 Å². The lowest BCUT2D eigenvalue weighted by molar-refractivity contribution is 0.329. The van der Waals surface area contributed by atoms with Crippen LogP contribution in [0.3, 0.4) is 0 Å². The van der Waals surface area contributed by atoms with Crippen molar-refractivity contribution in [2.75, 3.05) is 18.0 Å². The van der Waals surface area contributed by atoms with Crippen molar-refractivity contribution in [1.82, 2.24) is 34.7 Å². The Morgan fingerprint density at radius 3 is 2.71 bits per heavy atom. The maximum absolute atomic E-state index is 5.00. The monoisotopic (exact) mass is 504 g/mol. The fourth-order valence-corrected chi connectivity index (χ4v) is 6.91. The van der Waals surface area contributed by atoms with Gasteiger partial charge in [0.1, 0.15) is 0 Å². The van der Waals surface area contributed by atoms with Gasteiger partial charge in [-0.25, -0.2) is 9.50 Å². The fraction of sp³-hybridized carbons (Fsp3) is 0.400. The summed E-state index contributed by atoms with van der Waals surface area (Å²) in [5.74, 6) is 0. The molecule has 192 valence electrons. The zero-order valence-corrected chi connectivity index (χ0v) is 21.7. The lowest BCUT2D eigenvalue weighted by Gasteiger charge is -2.29. The van der Waals surface area contributed by atoms with Crippen LogP contribution in [-0.4, -0.2) is 54.5 Å². The van der Waals surface area contributed by atoms with E-state index in [0.29, 0.717) is 18.1 Å². The molecule has 5 aromatic rings. The van der Waals surface area contributed by atoms with Crippen molar-refractivity contribution >= 4 is 22.2 Å². The van der Waals surface area contributed by atoms with Crippen LogP contribution in [0.1, 0.15) is 50.3 Å². The van der Waals surface area contributed by atoms with Crippen LogP contribution in [0.2, 0.25) is 0 Å². The molecule has 0 radical (unpaired) electrons. The van der Waals surface area contributed by atoms with E-state index in [1.165, 1.54) is 44.2 Å². The van der Waals surface area contributed by atoms with Crippen LogP contribution < -0.4 is 10.2 Å². The average Bonchev–Trinajstić information content (AvgIpc) is 3.77. The summed E-state index contributed by atoms with van der Waals surface area (Å²) in [5.41, 5.74) is 8.37. The fourth-order valence-electron chi connectivity index (χ4n) is 6.91. The van der Waals surface area contributed by atoms with Gasteiger partial charge in [0.25, 0.3) is 0 Å². The van der Waals surface area contributed by atoms with Crippen LogP contribution in [0.4, 0.5) is 5.69 Å². The summed E-state index contributed by atoms with van der Waals surface area (Å²) in [4.78, 5) is 12.0. The first-order chi connectivity index (χ1) is 18.7. The highest BCUT2D eigenvalue weighted by Crippen LogP contribution is 2.35. The van der Waals surface area contributed by atoms with Crippen molar-refractivity contribution in [3.05, 3.63) is 60.8 Å². The van der Waals surface area contributed by atoms with E-state index in [4.69, 9.17) is 20.2 Å². The molecule has 0 spiro atoms. The molecular weight excluding hydrogens is 472 g/mol. The highest BCUT2D eigenvalue weighted by molar-refractivity contribution is 5.95. The summed E-state index contributed by atoms with van der Waals surface area (Å²) >= 11 is 0. The van der Waals surface area contributed by atoms with Crippen molar-refractivity contribution in [1.29, 1.82) is 0 Å². The van der Waals surface area contributed by atoms with Crippen LogP contribution in [0.25, 0.3) is 38.9 Å². The maximum atomic E-state index is 5.00. The molecule has 2 unspecified atom stereocenters. The molecular formula is C30H32N8. The molecule has 2 bridgehead atoms. The molecule has 1 aliphatic carbocycles. The lowest BCUT2D eigenvalue weighted by Crippen LogP contribution is -2.43. The first-order valence-corrected chi connectivity index (χ1v) is 14.0. The van der Waals surface area contributed by atoms with Crippen LogP contribution in [-0.2, 0) is 0 Å². The number of nitrogens with zero attached hydrogens (tertiary/aromatic N) is 7. The molecule has 1 N–H and O–H groups in total. The number of hydrogen-bond acceptors (Lipinski definition) is 6. The van der Waals surface area contributed by atoms with Crippen LogP contribution in [0.5, 0.6) is 0 Å². The maximum Gasteiger partial charge on any atom is 0.154 e. The molecule has 8 rings (SSSR count). The first-order valence-electron chi connectivity index (χ1n) is 14.0. The average molecular weight is 505 g/mol. The van der Waals surface area contributed by atoms with Gasteiger partial charge < -0.3 is 10.2 Å². The van der Waals surface area contributed by atoms with Gasteiger partial charge in [0.15, 0.2) is 5.65 Å². The Kier molecular flexibility index (Phi) is 5.05. The lowest BCUT2D eigenvalue weighted by atomic mass is 9.96. The highest BCUT2D eigenvalue weighted by Gasteiger charge is 2.37. The molecule has 38 heavy (non-hydrogen) atoms. The number of anilines is 1. The van der Waals surface area contributed by atoms with Gasteiger partial charge in [-0.2, -0.15) is 10.2 Å². The number of hydrogen-bond donors (Lipinski definition) is 1. The van der Waals surface area contributed by atoms with E-state index in [1.54, 1.807) is 0 Å². The van der Waals surface area contributed by atoms with Gasteiger partial charge >= 0.3 is 0 Å². The molecule has 2 atom stereocenters. The third-order valence-electron chi connectivity index (χ3n) is 8.93. The number of imidazole rings is 1. The summed E-state index contributed by atoms with van der Waals surface area (Å²) in [7, 11) is 0. The summed E-state index contributed by atoms with van der Waals surface area (Å²) in [6.07, 6.45) is 15.6. The Balaban J connectivity index is 1.15. The molecule has 8 nitrogen and oxygen atoms in total. The molecule has 4 aromatic heterocycles. The second kappa shape index (κ2) is 8.63. The molecule has 6 heterocycles. The van der Waals surface area contributed by atoms with E-state index < -0.39 is 0 Å². The zero-order chi connectivity index (χ0) is 25.2. The van der Waals surface area contributed by atoms with Crippen molar-refractivity contribution in [3.63, 3.8) is 0 Å². The second-order valence-electron chi connectivity index (χ2n) is 11.3. The molecule has 1 aromatic carbocycles. The Morgan fingerprint density at radius 2 is 1.87 bits per heavy atom. The highest BCUT2D eigenvalue weighted by atomic mass is 15.3. The normalized spacial score (nSPS) is 21.8. The van der Waals surface area contributed by atoms with Crippen molar-refractivity contribution in [3.8, 4) is 22.4 Å². The standard InChI is InChI=1S/C30H32N8/c1-19-27(20-14-34-37(17-20)22-5-3-2-4-6-22)13-30-33-16-29(38(30)35-19)26-9-10-31-28-12-23(7-8-25(26)28)36-18-21-11-24(36)15-32-21/h7-10,12-14,16-17,21-22,24,32H,2-6,11,15,18H2,1H3. The number of benzene rings is 1. The number of fused-ring (bicyclic) bond motifs is 4. The Hall–Kier alpha value is -3.78. The molecule has 8 heteroatoms. The summed E-state index contributed by atoms with van der Waals surface area (Å²) in [5, 5.41) is 14.4. The second-order valence-corrected chi connectivity index (χ2v) is 11.3. The molecule has 2 saturated heterocycles. The summed E-state index contributed by atoms with van der Waals surface area (Å²) in [6.45, 7) is 4.23. The van der Waals surface area contributed by atoms with E-state index in [-0.39, 0.29) is 0 Å². The Bertz CT molecular complexity index is 1660. The quantitative estimate of drug-likeness (QED) is 0.364. The van der Waals surface area contributed by atoms with Gasteiger partial charge in [-0.05, 0) is 50.5 Å². The topological polar surface area (TPSA) is 76.2 Å². The van der Waals surface area contributed by atoms with E-state index in [0.717, 1.165) is 57.7 Å². The van der Waals surface area contributed by atoms with Gasteiger partial charge in [-0.1, -0.05) is 25.3 Å². The Labute approximate surface area is 221 Å². The smallest absolute Gasteiger partial charge is 0.154 e. The number of nitrogens with one attached hydrogen (secondary N) is 1. The third-order valence-corrected chi connectivity index (χ3v) is 8.93. The SMILES string of the molecule is Cc1nn2c(-c3ccnc4cc(N5CC6CC5CN6)ccc34)cnc2cc1-c1cnn(C2CCCCC2)c1. The van der Waals surface area contributed by atoms with Gasteiger partial charge in [0, 0.05) is 65.3 Å². The molecule has 3 aliphatic rings. The van der Waals surface area contributed by atoms with E-state index in [1.807, 2.05) is 23.1 Å². The zero-order valence-electron chi connectivity index (χ0n) is 21.7. The number of aromatic nitrogens is 6. The van der Waals surface area contributed by atoms with Gasteiger partial charge in [0.05, 0.1) is 35.3 Å². The largest absolute Gasteiger partial charge is 0.366 e. The van der Waals surface area contributed by atoms with Gasteiger partial charge in [-0.3, -0.25) is 9.67 Å². The Morgan fingerprint density at radius 1 is 0.947 bits per heavy atom. The molecule has 0 amide bonds. The van der Waals surface area contributed by atoms with Crippen molar-refractivity contribution in [2.24, 2.45) is 0 Å². The number of piperazine rings is 1. The van der Waals surface area contributed by atoms with Crippen LogP contribution >= 0.6 is 0 Å². The molecule has 1 saturated carbocycles. The minimum absolute atomic E-state index is 0.519. The predicted octanol–water partition coefficient (Wildman–Crippen LogP) is 5.17. The molecule has 3 fully saturated rings. The number of pyridine rings is 1. The predicted molar refractivity (Wildman–Crippen MR) is 149 cm³/mol. The number of rotatable bonds is 4. The molecule has 2 aliphatic heterocycles.